The summed E-state index contributed by atoms with van der Waals surface area (Å²) in [5, 5.41) is 29.1. The van der Waals surface area contributed by atoms with Crippen LogP contribution in [0.4, 0.5) is 0 Å². The average Bonchev–Trinajstić information content (AvgIpc) is 2.45. The van der Waals surface area contributed by atoms with Crippen LogP contribution in [0.15, 0.2) is 0 Å². The summed E-state index contributed by atoms with van der Waals surface area (Å²) in [5.74, 6) is -0.840. The lowest BCUT2D eigenvalue weighted by molar-refractivity contribution is -0.370. The smallest absolute Gasteiger partial charge is 0.173 e. The molecule has 3 fully saturated rings. The van der Waals surface area contributed by atoms with E-state index in [9.17, 15) is 10.2 Å². The topological polar surface area (TPSA) is 97.6 Å². The van der Waals surface area contributed by atoms with Gasteiger partial charge in [-0.25, -0.2) is 0 Å². The molecule has 0 aromatic carbocycles. The molecule has 0 aromatic heterocycles. The van der Waals surface area contributed by atoms with E-state index in [1.165, 1.54) is 0 Å². The Balaban J connectivity index is 1.64. The minimum Gasteiger partial charge on any atom is -0.396 e. The fourth-order valence-electron chi connectivity index (χ4n) is 4.08. The molecule has 0 saturated carbocycles. The molecular formula is C16H28O7. The van der Waals surface area contributed by atoms with E-state index in [1.54, 1.807) is 7.11 Å². The standard InChI is InChI=1S/C16H28O7/c1-20-15-7-13-6-14(21-15)9-16(23-13)8-11(19)5-12(22-16)4-10(18)2-3-17/h10-15,17-19H,2-9H2,1H3/t10-,11?,12+,13-,14-,15?,16+/m1/s1. The first-order chi connectivity index (χ1) is 11.0. The van der Waals surface area contributed by atoms with Crippen molar-refractivity contribution in [1.82, 2.24) is 0 Å². The molecule has 2 unspecified atom stereocenters. The highest BCUT2D eigenvalue weighted by Gasteiger charge is 2.51. The predicted molar refractivity (Wildman–Crippen MR) is 79.6 cm³/mol. The van der Waals surface area contributed by atoms with Crippen molar-refractivity contribution in [3.63, 3.8) is 0 Å². The lowest BCUT2D eigenvalue weighted by atomic mass is 9.86. The minimum atomic E-state index is -0.840. The molecule has 3 aliphatic heterocycles. The Bertz CT molecular complexity index is 377. The molecular weight excluding hydrogens is 304 g/mol. The van der Waals surface area contributed by atoms with E-state index in [1.807, 2.05) is 0 Å². The van der Waals surface area contributed by atoms with Crippen LogP contribution in [0.3, 0.4) is 0 Å². The highest BCUT2D eigenvalue weighted by Crippen LogP contribution is 2.44. The monoisotopic (exact) mass is 332 g/mol. The summed E-state index contributed by atoms with van der Waals surface area (Å²) >= 11 is 0. The van der Waals surface area contributed by atoms with Gasteiger partial charge in [0.2, 0.25) is 0 Å². The van der Waals surface area contributed by atoms with Crippen molar-refractivity contribution in [2.75, 3.05) is 13.7 Å². The Labute approximate surface area is 136 Å². The van der Waals surface area contributed by atoms with Gasteiger partial charge >= 0.3 is 0 Å². The lowest BCUT2D eigenvalue weighted by Gasteiger charge is -2.52. The van der Waals surface area contributed by atoms with Gasteiger partial charge < -0.3 is 34.3 Å². The van der Waals surface area contributed by atoms with Crippen molar-refractivity contribution in [3.05, 3.63) is 0 Å². The highest BCUT2D eigenvalue weighted by atomic mass is 16.7. The molecule has 3 aliphatic rings. The number of rotatable bonds is 5. The maximum absolute atomic E-state index is 10.2. The molecule has 0 radical (unpaired) electrons. The second-order valence-electron chi connectivity index (χ2n) is 6.98. The van der Waals surface area contributed by atoms with Crippen LogP contribution in [0, 0.1) is 0 Å². The molecule has 7 nitrogen and oxygen atoms in total. The normalized spacial score (nSPS) is 45.1. The zero-order valence-electron chi connectivity index (χ0n) is 13.6. The maximum atomic E-state index is 10.2. The molecule has 3 saturated heterocycles. The zero-order valence-corrected chi connectivity index (χ0v) is 13.6. The third-order valence-corrected chi connectivity index (χ3v) is 4.97. The van der Waals surface area contributed by atoms with Gasteiger partial charge in [-0.2, -0.15) is 0 Å². The van der Waals surface area contributed by atoms with Gasteiger partial charge in [-0.05, 0) is 19.3 Å². The Morgan fingerprint density at radius 3 is 2.70 bits per heavy atom. The largest absolute Gasteiger partial charge is 0.396 e. The van der Waals surface area contributed by atoms with Gasteiger partial charge in [0.05, 0.1) is 30.5 Å². The molecule has 3 heterocycles. The third-order valence-electron chi connectivity index (χ3n) is 4.97. The van der Waals surface area contributed by atoms with Crippen LogP contribution in [0.5, 0.6) is 0 Å². The minimum absolute atomic E-state index is 0.000709. The molecule has 0 aliphatic carbocycles. The van der Waals surface area contributed by atoms with Crippen LogP contribution in [0.1, 0.15) is 44.9 Å². The number of aliphatic hydroxyl groups is 3. The first-order valence-electron chi connectivity index (χ1n) is 8.53. The summed E-state index contributed by atoms with van der Waals surface area (Å²) in [4.78, 5) is 0. The Morgan fingerprint density at radius 2 is 2.00 bits per heavy atom. The summed E-state index contributed by atoms with van der Waals surface area (Å²) in [5.41, 5.74) is 0. The van der Waals surface area contributed by atoms with Crippen LogP contribution in [0.2, 0.25) is 0 Å². The number of ether oxygens (including phenoxy) is 4. The van der Waals surface area contributed by atoms with E-state index >= 15 is 0 Å². The van der Waals surface area contributed by atoms with Crippen LogP contribution in [-0.4, -0.2) is 71.6 Å². The van der Waals surface area contributed by atoms with Crippen molar-refractivity contribution in [2.45, 2.75) is 87.5 Å². The van der Waals surface area contributed by atoms with E-state index in [2.05, 4.69) is 0 Å². The number of fused-ring (bicyclic) bond motifs is 2. The maximum Gasteiger partial charge on any atom is 0.173 e. The van der Waals surface area contributed by atoms with Crippen LogP contribution in [0.25, 0.3) is 0 Å². The third kappa shape index (κ3) is 4.22. The molecule has 3 N–H and O–H groups in total. The second-order valence-corrected chi connectivity index (χ2v) is 6.98. The first-order valence-corrected chi connectivity index (χ1v) is 8.53. The van der Waals surface area contributed by atoms with E-state index in [-0.39, 0.29) is 31.2 Å². The molecule has 134 valence electrons. The molecule has 2 bridgehead atoms. The first kappa shape index (κ1) is 17.5. The summed E-state index contributed by atoms with van der Waals surface area (Å²) in [6.45, 7) is -0.0610. The van der Waals surface area contributed by atoms with Crippen molar-refractivity contribution >= 4 is 0 Å². The molecule has 7 atom stereocenters. The number of hydrogen-bond acceptors (Lipinski definition) is 7. The molecule has 7 heteroatoms. The molecule has 3 rings (SSSR count). The quantitative estimate of drug-likeness (QED) is 0.666. The van der Waals surface area contributed by atoms with Gasteiger partial charge in [0.25, 0.3) is 0 Å². The molecule has 1 spiro atoms. The van der Waals surface area contributed by atoms with Gasteiger partial charge in [0.15, 0.2) is 12.1 Å². The number of hydrogen-bond donors (Lipinski definition) is 3. The van der Waals surface area contributed by atoms with Crippen LogP contribution >= 0.6 is 0 Å². The second kappa shape index (κ2) is 7.31. The Hall–Kier alpha value is -0.280. The van der Waals surface area contributed by atoms with Crippen LogP contribution in [-0.2, 0) is 18.9 Å². The fourth-order valence-corrected chi connectivity index (χ4v) is 4.08. The van der Waals surface area contributed by atoms with Crippen molar-refractivity contribution in [3.8, 4) is 0 Å². The van der Waals surface area contributed by atoms with Crippen molar-refractivity contribution in [2.24, 2.45) is 0 Å². The van der Waals surface area contributed by atoms with Gasteiger partial charge in [0, 0.05) is 39.4 Å². The van der Waals surface area contributed by atoms with Gasteiger partial charge in [0.1, 0.15) is 0 Å². The number of aliphatic hydroxyl groups excluding tert-OH is 3. The van der Waals surface area contributed by atoms with E-state index in [0.29, 0.717) is 38.5 Å². The van der Waals surface area contributed by atoms with Crippen LogP contribution < -0.4 is 0 Å². The SMILES string of the molecule is COC1C[C@H]2C[C@H](C[C@]3(CC(O)C[C@H](C[C@H](O)CCO)O3)O2)O1. The van der Waals surface area contributed by atoms with Gasteiger partial charge in [-0.3, -0.25) is 0 Å². The van der Waals surface area contributed by atoms with E-state index in [0.717, 1.165) is 6.42 Å². The van der Waals surface area contributed by atoms with E-state index in [4.69, 9.17) is 24.1 Å². The predicted octanol–water partition coefficient (Wildman–Crippen LogP) is 0.296. The van der Waals surface area contributed by atoms with Gasteiger partial charge in [-0.15, -0.1) is 0 Å². The molecule has 23 heavy (non-hydrogen) atoms. The summed E-state index contributed by atoms with van der Waals surface area (Å²) in [6.07, 6.45) is 1.96. The number of methoxy groups -OCH3 is 1. The van der Waals surface area contributed by atoms with Crippen molar-refractivity contribution in [1.29, 1.82) is 0 Å². The summed E-state index contributed by atoms with van der Waals surface area (Å²) in [7, 11) is 1.63. The zero-order chi connectivity index (χ0) is 16.4. The highest BCUT2D eigenvalue weighted by molar-refractivity contribution is 4.93. The fraction of sp³-hybridized carbons (Fsp3) is 1.00. The van der Waals surface area contributed by atoms with Gasteiger partial charge in [-0.1, -0.05) is 0 Å². The van der Waals surface area contributed by atoms with E-state index < -0.39 is 18.0 Å². The summed E-state index contributed by atoms with van der Waals surface area (Å²) in [6, 6.07) is 0. The van der Waals surface area contributed by atoms with Crippen molar-refractivity contribution < 1.29 is 34.3 Å². The Kier molecular flexibility index (Phi) is 5.57. The lowest BCUT2D eigenvalue weighted by Crippen LogP contribution is -2.58. The Morgan fingerprint density at radius 1 is 1.17 bits per heavy atom. The molecule has 0 aromatic rings. The molecule has 0 amide bonds. The average molecular weight is 332 g/mol. The summed E-state index contributed by atoms with van der Waals surface area (Å²) < 4.78 is 23.5.